The number of aliphatic hydroxyl groups is 1. The standard InChI is InChI=1S/C20H31BrO2/c1-14-6-5-11-20(4,22)19(21)10-8-15(2)12-18-17(9-7-14)16(3)13-23-18/h6,12,18-19,22H,5,7-11,13H2,1-4H3/b14-6-,15-12+. The number of ether oxygens (including phenoxy) is 1. The molecule has 3 unspecified atom stereocenters. The molecule has 0 amide bonds. The first-order chi connectivity index (χ1) is 10.8. The second kappa shape index (κ2) is 8.13. The van der Waals surface area contributed by atoms with E-state index < -0.39 is 5.60 Å². The highest BCUT2D eigenvalue weighted by Crippen LogP contribution is 2.32. The molecule has 3 heteroatoms. The molecule has 2 rings (SSSR count). The van der Waals surface area contributed by atoms with Gasteiger partial charge in [-0.3, -0.25) is 0 Å². The number of hydrogen-bond donors (Lipinski definition) is 1. The summed E-state index contributed by atoms with van der Waals surface area (Å²) in [6.07, 6.45) is 10.6. The molecule has 0 aromatic heterocycles. The van der Waals surface area contributed by atoms with E-state index in [4.69, 9.17) is 4.74 Å². The molecule has 0 fully saturated rings. The predicted octanol–water partition coefficient (Wildman–Crippen LogP) is 5.46. The molecule has 1 heterocycles. The van der Waals surface area contributed by atoms with Gasteiger partial charge in [-0.2, -0.15) is 0 Å². The van der Waals surface area contributed by atoms with Crippen molar-refractivity contribution in [2.75, 3.05) is 6.61 Å². The molecule has 3 atom stereocenters. The van der Waals surface area contributed by atoms with Crippen LogP contribution in [0.5, 0.6) is 0 Å². The molecule has 130 valence electrons. The van der Waals surface area contributed by atoms with E-state index in [0.717, 1.165) is 45.1 Å². The molecule has 2 aliphatic rings. The second-order valence-corrected chi connectivity index (χ2v) is 8.61. The summed E-state index contributed by atoms with van der Waals surface area (Å²) in [6.45, 7) is 9.30. The lowest BCUT2D eigenvalue weighted by atomic mass is 9.90. The smallest absolute Gasteiger partial charge is 0.0977 e. The van der Waals surface area contributed by atoms with Gasteiger partial charge in [-0.1, -0.05) is 39.2 Å². The van der Waals surface area contributed by atoms with E-state index in [-0.39, 0.29) is 10.9 Å². The largest absolute Gasteiger partial charge is 0.389 e. The molecule has 0 spiro atoms. The Morgan fingerprint density at radius 2 is 1.91 bits per heavy atom. The Hall–Kier alpha value is -0.380. The molecule has 0 aromatic rings. The van der Waals surface area contributed by atoms with Crippen molar-refractivity contribution in [3.05, 3.63) is 34.4 Å². The normalized spacial score (nSPS) is 39.0. The van der Waals surface area contributed by atoms with Crippen molar-refractivity contribution in [3.63, 3.8) is 0 Å². The minimum atomic E-state index is -0.660. The highest BCUT2D eigenvalue weighted by molar-refractivity contribution is 9.09. The molecule has 1 aliphatic carbocycles. The fraction of sp³-hybridized carbons (Fsp3) is 0.700. The maximum atomic E-state index is 10.7. The molecule has 1 N–H and O–H groups in total. The van der Waals surface area contributed by atoms with Crippen LogP contribution < -0.4 is 0 Å². The number of allylic oxidation sites excluding steroid dienone is 3. The molecule has 0 aromatic carbocycles. The lowest BCUT2D eigenvalue weighted by Crippen LogP contribution is -2.35. The van der Waals surface area contributed by atoms with Gasteiger partial charge >= 0.3 is 0 Å². The van der Waals surface area contributed by atoms with Crippen LogP contribution in [-0.4, -0.2) is 28.2 Å². The number of hydrogen-bond acceptors (Lipinski definition) is 2. The Bertz CT molecular complexity index is 514. The van der Waals surface area contributed by atoms with E-state index in [0.29, 0.717) is 0 Å². The summed E-state index contributed by atoms with van der Waals surface area (Å²) in [7, 11) is 0. The molecule has 0 bridgehead atoms. The Labute approximate surface area is 149 Å². The first kappa shape index (κ1) is 19.0. The van der Waals surface area contributed by atoms with Crippen LogP contribution in [0.4, 0.5) is 0 Å². The summed E-state index contributed by atoms with van der Waals surface area (Å²) in [5.74, 6) is 0. The zero-order valence-corrected chi connectivity index (χ0v) is 16.6. The highest BCUT2D eigenvalue weighted by Gasteiger charge is 2.29. The molecular weight excluding hydrogens is 352 g/mol. The van der Waals surface area contributed by atoms with E-state index in [1.165, 1.54) is 22.3 Å². The van der Waals surface area contributed by atoms with Gasteiger partial charge in [0.05, 0.1) is 18.3 Å². The van der Waals surface area contributed by atoms with Crippen molar-refractivity contribution < 1.29 is 9.84 Å². The zero-order valence-electron chi connectivity index (χ0n) is 15.0. The summed E-state index contributed by atoms with van der Waals surface area (Å²) in [6, 6.07) is 0. The van der Waals surface area contributed by atoms with Gasteiger partial charge in [0.1, 0.15) is 0 Å². The van der Waals surface area contributed by atoms with E-state index in [1.807, 2.05) is 6.92 Å². The van der Waals surface area contributed by atoms with Crippen molar-refractivity contribution in [2.45, 2.75) is 82.8 Å². The second-order valence-electron chi connectivity index (χ2n) is 7.50. The summed E-state index contributed by atoms with van der Waals surface area (Å²) in [5.41, 5.74) is 4.98. The van der Waals surface area contributed by atoms with Crippen LogP contribution in [-0.2, 0) is 4.74 Å². The van der Waals surface area contributed by atoms with E-state index in [1.54, 1.807) is 0 Å². The van der Waals surface area contributed by atoms with Gasteiger partial charge < -0.3 is 9.84 Å². The van der Waals surface area contributed by atoms with Crippen LogP contribution in [0.25, 0.3) is 0 Å². The number of alkyl halides is 1. The van der Waals surface area contributed by atoms with Gasteiger partial charge in [-0.05, 0) is 77.4 Å². The minimum Gasteiger partial charge on any atom is -0.389 e. The molecule has 0 saturated heterocycles. The average molecular weight is 383 g/mol. The minimum absolute atomic E-state index is 0.122. The maximum absolute atomic E-state index is 10.7. The fourth-order valence-corrected chi connectivity index (χ4v) is 3.82. The number of halogens is 1. The van der Waals surface area contributed by atoms with Gasteiger partial charge in [0.2, 0.25) is 0 Å². The molecule has 1 aliphatic heterocycles. The van der Waals surface area contributed by atoms with Crippen LogP contribution in [0, 0.1) is 0 Å². The number of fused-ring (bicyclic) bond motifs is 1. The maximum Gasteiger partial charge on any atom is 0.0977 e. The number of rotatable bonds is 0. The van der Waals surface area contributed by atoms with Crippen molar-refractivity contribution in [1.82, 2.24) is 0 Å². The lowest BCUT2D eigenvalue weighted by molar-refractivity contribution is 0.0492. The van der Waals surface area contributed by atoms with Gasteiger partial charge in [0, 0.05) is 4.83 Å². The fourth-order valence-electron chi connectivity index (χ4n) is 3.36. The topological polar surface area (TPSA) is 29.5 Å². The van der Waals surface area contributed by atoms with E-state index in [9.17, 15) is 5.11 Å². The Morgan fingerprint density at radius 1 is 1.17 bits per heavy atom. The van der Waals surface area contributed by atoms with Gasteiger partial charge in [0.25, 0.3) is 0 Å². The van der Waals surface area contributed by atoms with Crippen molar-refractivity contribution in [1.29, 1.82) is 0 Å². The van der Waals surface area contributed by atoms with Gasteiger partial charge in [0.15, 0.2) is 0 Å². The zero-order chi connectivity index (χ0) is 17.0. The van der Waals surface area contributed by atoms with Crippen molar-refractivity contribution in [3.8, 4) is 0 Å². The first-order valence-corrected chi connectivity index (χ1v) is 9.70. The van der Waals surface area contributed by atoms with Crippen LogP contribution in [0.15, 0.2) is 34.4 Å². The molecule has 0 saturated carbocycles. The third kappa shape index (κ3) is 5.30. The predicted molar refractivity (Wildman–Crippen MR) is 101 cm³/mol. The van der Waals surface area contributed by atoms with Crippen molar-refractivity contribution >= 4 is 15.9 Å². The van der Waals surface area contributed by atoms with Crippen molar-refractivity contribution in [2.24, 2.45) is 0 Å². The van der Waals surface area contributed by atoms with E-state index >= 15 is 0 Å². The Balaban J connectivity index is 2.20. The summed E-state index contributed by atoms with van der Waals surface area (Å²) in [4.78, 5) is 0.122. The Morgan fingerprint density at radius 3 is 2.65 bits per heavy atom. The first-order valence-electron chi connectivity index (χ1n) is 8.79. The van der Waals surface area contributed by atoms with E-state index in [2.05, 4.69) is 48.9 Å². The van der Waals surface area contributed by atoms with Crippen LogP contribution in [0.1, 0.15) is 66.2 Å². The SMILES string of the molecule is CC1=C2CC/C(C)=C\CCC(C)(O)C(Br)CC/C(C)=C/C2OC1. The van der Waals surface area contributed by atoms with Crippen LogP contribution in [0.3, 0.4) is 0 Å². The van der Waals surface area contributed by atoms with Crippen LogP contribution in [0.2, 0.25) is 0 Å². The molecular formula is C20H31BrO2. The average Bonchev–Trinajstić information content (AvgIpc) is 2.82. The monoisotopic (exact) mass is 382 g/mol. The van der Waals surface area contributed by atoms with Crippen LogP contribution >= 0.6 is 15.9 Å². The summed E-state index contributed by atoms with van der Waals surface area (Å²) < 4.78 is 5.97. The summed E-state index contributed by atoms with van der Waals surface area (Å²) >= 11 is 3.70. The highest BCUT2D eigenvalue weighted by atomic mass is 79.9. The quantitative estimate of drug-likeness (QED) is 0.444. The van der Waals surface area contributed by atoms with Gasteiger partial charge in [-0.15, -0.1) is 0 Å². The third-order valence-corrected chi connectivity index (χ3v) is 6.65. The third-order valence-electron chi connectivity index (χ3n) is 5.21. The lowest BCUT2D eigenvalue weighted by Gasteiger charge is -2.29. The molecule has 2 nitrogen and oxygen atoms in total. The van der Waals surface area contributed by atoms with Gasteiger partial charge in [-0.25, -0.2) is 0 Å². The Kier molecular flexibility index (Phi) is 6.70. The molecule has 0 radical (unpaired) electrons. The molecule has 23 heavy (non-hydrogen) atoms. The summed E-state index contributed by atoms with van der Waals surface area (Å²) in [5, 5.41) is 10.7.